The lowest BCUT2D eigenvalue weighted by atomic mass is 9.79. The van der Waals surface area contributed by atoms with E-state index in [4.69, 9.17) is 9.84 Å². The molecule has 0 bridgehead atoms. The van der Waals surface area contributed by atoms with Crippen LogP contribution in [0.25, 0.3) is 0 Å². The van der Waals surface area contributed by atoms with Gasteiger partial charge < -0.3 is 4.74 Å². The maximum atomic E-state index is 6.52. The van der Waals surface area contributed by atoms with Gasteiger partial charge in [0.1, 0.15) is 11.9 Å². The van der Waals surface area contributed by atoms with Gasteiger partial charge in [-0.05, 0) is 23.3 Å². The molecule has 3 nitrogen and oxygen atoms in total. The number of hydrogen-bond donors (Lipinski definition) is 0. The molecule has 0 spiro atoms. The van der Waals surface area contributed by atoms with E-state index in [0.717, 1.165) is 17.0 Å². The van der Waals surface area contributed by atoms with Crippen LogP contribution < -0.4 is 4.74 Å². The first-order chi connectivity index (χ1) is 12.8. The third-order valence-electron chi connectivity index (χ3n) is 5.34. The normalized spacial score (nSPS) is 23.7. The topological polar surface area (TPSA) is 24.8 Å². The second kappa shape index (κ2) is 6.03. The van der Waals surface area contributed by atoms with Crippen LogP contribution in [0.5, 0.6) is 5.75 Å². The van der Waals surface area contributed by atoms with E-state index in [2.05, 4.69) is 78.8 Å². The molecule has 0 radical (unpaired) electrons. The van der Waals surface area contributed by atoms with Gasteiger partial charge in [-0.15, -0.1) is 0 Å². The monoisotopic (exact) mass is 340 g/mol. The molecule has 128 valence electrons. The number of ether oxygens (including phenoxy) is 1. The number of nitrogens with zero attached hydrogens (tertiary/aromatic N) is 2. The predicted octanol–water partition coefficient (Wildman–Crippen LogP) is 4.83. The van der Waals surface area contributed by atoms with Crippen LogP contribution >= 0.6 is 0 Å². The van der Waals surface area contributed by atoms with Gasteiger partial charge in [0, 0.05) is 12.6 Å². The summed E-state index contributed by atoms with van der Waals surface area (Å²) in [5.41, 5.74) is 4.69. The summed E-state index contributed by atoms with van der Waals surface area (Å²) in [5.74, 6) is 1.07. The molecule has 3 aromatic rings. The maximum Gasteiger partial charge on any atom is 0.135 e. The number of fused-ring (bicyclic) bond motifs is 3. The number of rotatable bonds is 2. The molecule has 0 amide bonds. The molecule has 0 aromatic heterocycles. The van der Waals surface area contributed by atoms with E-state index < -0.39 is 0 Å². The minimum Gasteiger partial charge on any atom is -0.484 e. The fourth-order valence-corrected chi connectivity index (χ4v) is 4.21. The Morgan fingerprint density at radius 1 is 0.769 bits per heavy atom. The average Bonchev–Trinajstić information content (AvgIpc) is 3.06. The van der Waals surface area contributed by atoms with Crippen molar-refractivity contribution in [3.05, 3.63) is 102 Å². The van der Waals surface area contributed by atoms with Crippen LogP contribution in [-0.4, -0.2) is 17.8 Å². The Morgan fingerprint density at radius 3 is 2.12 bits per heavy atom. The molecule has 26 heavy (non-hydrogen) atoms. The molecule has 0 N–H and O–H groups in total. The average molecular weight is 340 g/mol. The van der Waals surface area contributed by atoms with Crippen LogP contribution in [0.15, 0.2) is 90.0 Å². The second-order valence-corrected chi connectivity index (χ2v) is 6.89. The summed E-state index contributed by atoms with van der Waals surface area (Å²) in [7, 11) is 2.06. The molecule has 2 aliphatic rings. The highest BCUT2D eigenvalue weighted by Crippen LogP contribution is 2.49. The number of hydrazone groups is 1. The molecule has 3 aromatic carbocycles. The van der Waals surface area contributed by atoms with E-state index >= 15 is 0 Å². The van der Waals surface area contributed by atoms with Gasteiger partial charge in [-0.3, -0.25) is 5.01 Å². The molecule has 3 heteroatoms. The summed E-state index contributed by atoms with van der Waals surface area (Å²) in [6.45, 7) is 0. The summed E-state index contributed by atoms with van der Waals surface area (Å²) < 4.78 is 6.52. The number of benzene rings is 3. The van der Waals surface area contributed by atoms with Crippen molar-refractivity contribution in [1.29, 1.82) is 0 Å². The summed E-state index contributed by atoms with van der Waals surface area (Å²) in [4.78, 5) is 0. The van der Waals surface area contributed by atoms with Gasteiger partial charge in [0.15, 0.2) is 0 Å². The molecule has 0 unspecified atom stereocenters. The van der Waals surface area contributed by atoms with Gasteiger partial charge in [-0.1, -0.05) is 72.8 Å². The Morgan fingerprint density at radius 2 is 1.38 bits per heavy atom. The van der Waals surface area contributed by atoms with Crippen molar-refractivity contribution in [2.24, 2.45) is 11.0 Å². The second-order valence-electron chi connectivity index (χ2n) is 6.89. The zero-order valence-corrected chi connectivity index (χ0v) is 14.6. The van der Waals surface area contributed by atoms with Gasteiger partial charge in [0.25, 0.3) is 0 Å². The van der Waals surface area contributed by atoms with Gasteiger partial charge in [-0.2, -0.15) is 5.10 Å². The highest BCUT2D eigenvalue weighted by molar-refractivity contribution is 6.07. The van der Waals surface area contributed by atoms with E-state index in [1.807, 2.05) is 18.2 Å². The standard InChI is InChI=1S/C23H20N2O/c1-25-22(16-10-4-2-5-11-16)20-21(24-25)18-14-8-9-15-19(18)26-23(20)17-12-6-3-7-13-17/h2-15,20,22-23H,1H3/t20-,22-,23+/m1/s1. The molecule has 2 heterocycles. The largest absolute Gasteiger partial charge is 0.484 e. The Hall–Kier alpha value is -3.07. The maximum absolute atomic E-state index is 6.52. The smallest absolute Gasteiger partial charge is 0.135 e. The molecular weight excluding hydrogens is 320 g/mol. The van der Waals surface area contributed by atoms with Crippen molar-refractivity contribution < 1.29 is 4.74 Å². The summed E-state index contributed by atoms with van der Waals surface area (Å²) in [6, 6.07) is 29.5. The lowest BCUT2D eigenvalue weighted by molar-refractivity contribution is 0.113. The highest BCUT2D eigenvalue weighted by Gasteiger charge is 2.47. The third kappa shape index (κ3) is 2.31. The minimum atomic E-state index is -0.0555. The first-order valence-electron chi connectivity index (χ1n) is 9.00. The molecular formula is C23H20N2O. The molecule has 3 atom stereocenters. The van der Waals surface area contributed by atoms with Crippen molar-refractivity contribution >= 4 is 5.71 Å². The highest BCUT2D eigenvalue weighted by atomic mass is 16.5. The number of para-hydroxylation sites is 1. The van der Waals surface area contributed by atoms with Gasteiger partial charge in [0.05, 0.1) is 17.7 Å². The predicted molar refractivity (Wildman–Crippen MR) is 103 cm³/mol. The fourth-order valence-electron chi connectivity index (χ4n) is 4.21. The van der Waals surface area contributed by atoms with Crippen molar-refractivity contribution in [3.8, 4) is 5.75 Å². The third-order valence-corrected chi connectivity index (χ3v) is 5.34. The molecule has 0 fully saturated rings. The van der Waals surface area contributed by atoms with Crippen molar-refractivity contribution in [2.75, 3.05) is 7.05 Å². The zero-order valence-electron chi connectivity index (χ0n) is 14.6. The summed E-state index contributed by atoms with van der Waals surface area (Å²) in [5, 5.41) is 7.05. The van der Waals surface area contributed by atoms with E-state index in [1.54, 1.807) is 0 Å². The molecule has 5 rings (SSSR count). The Kier molecular flexibility index (Phi) is 3.52. The van der Waals surface area contributed by atoms with Crippen molar-refractivity contribution in [3.63, 3.8) is 0 Å². The molecule has 0 saturated heterocycles. The van der Waals surface area contributed by atoms with Gasteiger partial charge in [-0.25, -0.2) is 0 Å². The van der Waals surface area contributed by atoms with Gasteiger partial charge in [0.2, 0.25) is 0 Å². The quantitative estimate of drug-likeness (QED) is 0.668. The minimum absolute atomic E-state index is 0.0555. The Labute approximate surface area is 153 Å². The van der Waals surface area contributed by atoms with Crippen LogP contribution in [0, 0.1) is 5.92 Å². The van der Waals surface area contributed by atoms with Crippen LogP contribution in [0.2, 0.25) is 0 Å². The summed E-state index contributed by atoms with van der Waals surface area (Å²) in [6.07, 6.45) is -0.0555. The van der Waals surface area contributed by atoms with Crippen LogP contribution in [0.4, 0.5) is 0 Å². The SMILES string of the molecule is CN1N=C2c3ccccc3O[C@@H](c3ccccc3)[C@H]2[C@H]1c1ccccc1. The van der Waals surface area contributed by atoms with Crippen molar-refractivity contribution in [2.45, 2.75) is 12.1 Å². The molecule has 0 saturated carbocycles. The molecule has 2 aliphatic heterocycles. The van der Waals surface area contributed by atoms with E-state index in [9.17, 15) is 0 Å². The first-order valence-corrected chi connectivity index (χ1v) is 9.00. The van der Waals surface area contributed by atoms with Crippen LogP contribution in [0.1, 0.15) is 28.8 Å². The van der Waals surface area contributed by atoms with Gasteiger partial charge >= 0.3 is 0 Å². The van der Waals surface area contributed by atoms with Crippen LogP contribution in [-0.2, 0) is 0 Å². The van der Waals surface area contributed by atoms with Crippen LogP contribution in [0.3, 0.4) is 0 Å². The van der Waals surface area contributed by atoms with Crippen molar-refractivity contribution in [1.82, 2.24) is 5.01 Å². The van der Waals surface area contributed by atoms with E-state index in [0.29, 0.717) is 0 Å². The lowest BCUT2D eigenvalue weighted by Crippen LogP contribution is -2.35. The lowest BCUT2D eigenvalue weighted by Gasteiger charge is -2.36. The first kappa shape index (κ1) is 15.2. The Bertz CT molecular complexity index is 952. The fraction of sp³-hybridized carbons (Fsp3) is 0.174. The summed E-state index contributed by atoms with van der Waals surface area (Å²) >= 11 is 0. The van der Waals surface area contributed by atoms with E-state index in [-0.39, 0.29) is 18.1 Å². The zero-order chi connectivity index (χ0) is 17.5. The molecule has 0 aliphatic carbocycles. The Balaban J connectivity index is 1.68. The number of hydrogen-bond acceptors (Lipinski definition) is 3. The van der Waals surface area contributed by atoms with E-state index in [1.165, 1.54) is 11.1 Å².